The minimum Gasteiger partial charge on any atom is -0.310 e. The van der Waals surface area contributed by atoms with Gasteiger partial charge >= 0.3 is 0 Å². The van der Waals surface area contributed by atoms with Gasteiger partial charge in [0.2, 0.25) is 0 Å². The highest BCUT2D eigenvalue weighted by Gasteiger charge is 2.25. The molecule has 0 saturated carbocycles. The number of para-hydroxylation sites is 5. The molecule has 0 atom stereocenters. The summed E-state index contributed by atoms with van der Waals surface area (Å²) < 4.78 is 2.45. The van der Waals surface area contributed by atoms with Gasteiger partial charge < -0.3 is 14.7 Å². The molecule has 0 unspecified atom stereocenters. The van der Waals surface area contributed by atoms with Crippen LogP contribution in [0, 0.1) is 0 Å². The molecule has 12 aromatic rings. The van der Waals surface area contributed by atoms with Crippen LogP contribution in [0.1, 0.15) is 0 Å². The number of anilines is 9. The van der Waals surface area contributed by atoms with Crippen molar-refractivity contribution < 1.29 is 0 Å². The number of rotatable bonds is 11. The second kappa shape index (κ2) is 17.9. The highest BCUT2D eigenvalue weighted by atomic mass is 32.1. The van der Waals surface area contributed by atoms with Crippen molar-refractivity contribution in [2.45, 2.75) is 0 Å². The molecule has 0 bridgehead atoms. The Labute approximate surface area is 401 Å². The van der Waals surface area contributed by atoms with E-state index in [1.165, 1.54) is 42.1 Å². The van der Waals surface area contributed by atoms with Crippen LogP contribution < -0.4 is 14.7 Å². The predicted molar refractivity (Wildman–Crippen MR) is 292 cm³/mol. The maximum atomic E-state index is 2.47. The van der Waals surface area contributed by atoms with E-state index in [9.17, 15) is 0 Å². The molecule has 0 amide bonds. The molecule has 68 heavy (non-hydrogen) atoms. The summed E-state index contributed by atoms with van der Waals surface area (Å²) in [5.41, 5.74) is 14.6. The summed E-state index contributed by atoms with van der Waals surface area (Å²) in [7, 11) is 0. The fourth-order valence-corrected chi connectivity index (χ4v) is 10.8. The maximum Gasteiger partial charge on any atom is 0.0661 e. The average Bonchev–Trinajstić information content (AvgIpc) is 3.79. The maximum absolute atomic E-state index is 2.47. The molecule has 0 aliphatic heterocycles. The van der Waals surface area contributed by atoms with E-state index >= 15 is 0 Å². The molecule has 12 rings (SSSR count). The molecular formula is C64H45N3S. The van der Waals surface area contributed by atoms with E-state index in [-0.39, 0.29) is 0 Å². The molecule has 4 heteroatoms. The molecule has 11 aromatic carbocycles. The van der Waals surface area contributed by atoms with E-state index in [0.29, 0.717) is 0 Å². The van der Waals surface area contributed by atoms with Gasteiger partial charge in [0.1, 0.15) is 0 Å². The van der Waals surface area contributed by atoms with Gasteiger partial charge in [-0.05, 0) is 119 Å². The fourth-order valence-electron chi connectivity index (χ4n) is 9.65. The number of hydrogen-bond donors (Lipinski definition) is 0. The van der Waals surface area contributed by atoms with Crippen molar-refractivity contribution in [3.63, 3.8) is 0 Å². The van der Waals surface area contributed by atoms with Crippen LogP contribution >= 0.6 is 11.3 Å². The largest absolute Gasteiger partial charge is 0.310 e. The van der Waals surface area contributed by atoms with Crippen LogP contribution in [0.15, 0.2) is 273 Å². The lowest BCUT2D eigenvalue weighted by Gasteiger charge is -2.30. The first-order chi connectivity index (χ1) is 33.7. The highest BCUT2D eigenvalue weighted by molar-refractivity contribution is 7.26. The molecule has 0 saturated heterocycles. The third-order valence-electron chi connectivity index (χ3n) is 12.8. The first-order valence-electron chi connectivity index (χ1n) is 23.1. The third-order valence-corrected chi connectivity index (χ3v) is 14.0. The summed E-state index contributed by atoms with van der Waals surface area (Å²) in [4.78, 5) is 7.24. The molecule has 1 aromatic heterocycles. The summed E-state index contributed by atoms with van der Waals surface area (Å²) in [6, 6.07) is 98.6. The van der Waals surface area contributed by atoms with Gasteiger partial charge in [-0.3, -0.25) is 0 Å². The first kappa shape index (κ1) is 40.8. The highest BCUT2D eigenvalue weighted by Crippen LogP contribution is 2.51. The Hall–Kier alpha value is -8.70. The van der Waals surface area contributed by atoms with Crippen LogP contribution in [0.2, 0.25) is 0 Å². The van der Waals surface area contributed by atoms with Crippen LogP contribution in [-0.4, -0.2) is 0 Å². The quantitative estimate of drug-likeness (QED) is 0.128. The summed E-state index contributed by atoms with van der Waals surface area (Å²) in [6.07, 6.45) is 0. The van der Waals surface area contributed by atoms with E-state index < -0.39 is 0 Å². The molecule has 3 nitrogen and oxygen atoms in total. The SMILES string of the molecule is c1ccc(-c2ccc(N(c3ccccc3)c3ccccc3-c3ccc4sc5c(N(c6ccccc6)c6cccc7ccccc67)cc(N(c6ccccc6)c6ccccc6)cc5c4c3)cc2)cc1. The molecule has 0 aliphatic rings. The van der Waals surface area contributed by atoms with Crippen molar-refractivity contribution >= 4 is 93.5 Å². The zero-order valence-corrected chi connectivity index (χ0v) is 38.0. The molecule has 322 valence electrons. The molecule has 0 N–H and O–H groups in total. The molecule has 1 heterocycles. The van der Waals surface area contributed by atoms with E-state index in [1.807, 2.05) is 11.3 Å². The van der Waals surface area contributed by atoms with E-state index in [0.717, 1.165) is 62.3 Å². The lowest BCUT2D eigenvalue weighted by Crippen LogP contribution is -2.13. The van der Waals surface area contributed by atoms with Gasteiger partial charge in [0, 0.05) is 60.5 Å². The zero-order valence-electron chi connectivity index (χ0n) is 37.2. The minimum atomic E-state index is 1.07. The van der Waals surface area contributed by atoms with Gasteiger partial charge in [-0.25, -0.2) is 0 Å². The number of hydrogen-bond acceptors (Lipinski definition) is 4. The Balaban J connectivity index is 1.09. The molecular weight excluding hydrogens is 843 g/mol. The summed E-state index contributed by atoms with van der Waals surface area (Å²) >= 11 is 1.86. The monoisotopic (exact) mass is 887 g/mol. The van der Waals surface area contributed by atoms with Crippen LogP contribution in [-0.2, 0) is 0 Å². The molecule has 0 radical (unpaired) electrons. The topological polar surface area (TPSA) is 9.72 Å². The van der Waals surface area contributed by atoms with Gasteiger partial charge in [0.05, 0.1) is 21.8 Å². The number of nitrogens with zero attached hydrogens (tertiary/aromatic N) is 3. The second-order valence-corrected chi connectivity index (χ2v) is 18.0. The standard InChI is InChI=1S/C64H45N3S/c1-6-21-46(22-7-1)47-37-40-54(41-38-47)66(52-29-12-4-13-30-52)60-35-19-18-34-57(60)49-39-42-63-58(43-49)59-44-55(65(50-25-8-2-9-26-50)51-27-10-3-11-28-51)45-62(64(59)68-63)67(53-31-14-5-15-32-53)61-36-20-24-48-23-16-17-33-56(48)61/h1-45H. The Kier molecular flexibility index (Phi) is 10.8. The number of thiophene rings is 1. The van der Waals surface area contributed by atoms with Crippen LogP contribution in [0.3, 0.4) is 0 Å². The van der Waals surface area contributed by atoms with Crippen molar-refractivity contribution in [3.8, 4) is 22.3 Å². The third kappa shape index (κ3) is 7.63. The Morgan fingerprint density at radius 3 is 1.40 bits per heavy atom. The first-order valence-corrected chi connectivity index (χ1v) is 23.9. The van der Waals surface area contributed by atoms with Gasteiger partial charge in [-0.15, -0.1) is 11.3 Å². The molecule has 0 spiro atoms. The van der Waals surface area contributed by atoms with E-state index in [2.05, 4.69) is 288 Å². The normalized spacial score (nSPS) is 11.2. The Morgan fingerprint density at radius 2 is 0.735 bits per heavy atom. The van der Waals surface area contributed by atoms with E-state index in [1.54, 1.807) is 0 Å². The lowest BCUT2D eigenvalue weighted by atomic mass is 9.98. The summed E-state index contributed by atoms with van der Waals surface area (Å²) in [5, 5.41) is 4.81. The number of fused-ring (bicyclic) bond motifs is 4. The van der Waals surface area contributed by atoms with Crippen molar-refractivity contribution in [2.75, 3.05) is 14.7 Å². The van der Waals surface area contributed by atoms with Crippen molar-refractivity contribution in [2.24, 2.45) is 0 Å². The Morgan fingerprint density at radius 1 is 0.250 bits per heavy atom. The van der Waals surface area contributed by atoms with Gasteiger partial charge in [0.15, 0.2) is 0 Å². The number of benzene rings is 11. The smallest absolute Gasteiger partial charge is 0.0661 e. The average molecular weight is 888 g/mol. The van der Waals surface area contributed by atoms with Crippen LogP contribution in [0.4, 0.5) is 51.2 Å². The summed E-state index contributed by atoms with van der Waals surface area (Å²) in [6.45, 7) is 0. The zero-order chi connectivity index (χ0) is 45.2. The second-order valence-electron chi connectivity index (χ2n) is 16.9. The van der Waals surface area contributed by atoms with Gasteiger partial charge in [-0.1, -0.05) is 176 Å². The molecule has 0 aliphatic carbocycles. The van der Waals surface area contributed by atoms with Gasteiger partial charge in [-0.2, -0.15) is 0 Å². The van der Waals surface area contributed by atoms with E-state index in [4.69, 9.17) is 0 Å². The van der Waals surface area contributed by atoms with Gasteiger partial charge in [0.25, 0.3) is 0 Å². The lowest BCUT2D eigenvalue weighted by molar-refractivity contribution is 1.27. The Bertz CT molecular complexity index is 3620. The minimum absolute atomic E-state index is 1.07. The molecule has 0 fully saturated rings. The van der Waals surface area contributed by atoms with Crippen molar-refractivity contribution in [1.29, 1.82) is 0 Å². The van der Waals surface area contributed by atoms with Crippen molar-refractivity contribution in [3.05, 3.63) is 273 Å². The predicted octanol–water partition coefficient (Wildman–Crippen LogP) is 19.0. The van der Waals surface area contributed by atoms with Crippen LogP contribution in [0.25, 0.3) is 53.2 Å². The fraction of sp³-hybridized carbons (Fsp3) is 0. The van der Waals surface area contributed by atoms with Crippen molar-refractivity contribution in [1.82, 2.24) is 0 Å². The van der Waals surface area contributed by atoms with Crippen LogP contribution in [0.5, 0.6) is 0 Å². The summed E-state index contributed by atoms with van der Waals surface area (Å²) in [5.74, 6) is 0.